The van der Waals surface area contributed by atoms with Gasteiger partial charge in [0.2, 0.25) is 0 Å². The summed E-state index contributed by atoms with van der Waals surface area (Å²) in [6.07, 6.45) is 8.28. The second-order valence-corrected chi connectivity index (χ2v) is 9.43. The summed E-state index contributed by atoms with van der Waals surface area (Å²) in [6.45, 7) is 0.850. The van der Waals surface area contributed by atoms with Crippen molar-refractivity contribution in [1.82, 2.24) is 4.90 Å². The van der Waals surface area contributed by atoms with Crippen molar-refractivity contribution < 1.29 is 4.79 Å². The topological polar surface area (TPSA) is 20.3 Å². The minimum absolute atomic E-state index is 0.238. The maximum atomic E-state index is 12.5. The number of hydrogen-bond donors (Lipinski definition) is 0. The van der Waals surface area contributed by atoms with Crippen LogP contribution in [0.15, 0.2) is 53.0 Å². The highest BCUT2D eigenvalue weighted by Crippen LogP contribution is 2.47. The van der Waals surface area contributed by atoms with Gasteiger partial charge < -0.3 is 4.90 Å². The van der Waals surface area contributed by atoms with Crippen LogP contribution in [0.1, 0.15) is 53.6 Å². The van der Waals surface area contributed by atoms with E-state index in [2.05, 4.69) is 52.1 Å². The molecule has 1 saturated carbocycles. The van der Waals surface area contributed by atoms with Crippen LogP contribution >= 0.6 is 15.9 Å². The number of fused-ring (bicyclic) bond motifs is 1. The Balaban J connectivity index is 1.28. The van der Waals surface area contributed by atoms with Crippen LogP contribution in [0.3, 0.4) is 0 Å². The predicted molar refractivity (Wildman–Crippen MR) is 114 cm³/mol. The molecule has 1 fully saturated rings. The average Bonchev–Trinajstić information content (AvgIpc) is 3.04. The van der Waals surface area contributed by atoms with E-state index in [1.165, 1.54) is 38.5 Å². The van der Waals surface area contributed by atoms with Gasteiger partial charge in [-0.05, 0) is 74.2 Å². The van der Waals surface area contributed by atoms with Gasteiger partial charge in [0.25, 0.3) is 0 Å². The van der Waals surface area contributed by atoms with Crippen molar-refractivity contribution in [3.05, 3.63) is 69.7 Å². The van der Waals surface area contributed by atoms with Crippen LogP contribution in [0.2, 0.25) is 0 Å². The minimum Gasteiger partial charge on any atom is -0.303 e. The van der Waals surface area contributed by atoms with Gasteiger partial charge in [-0.1, -0.05) is 52.3 Å². The van der Waals surface area contributed by atoms with E-state index >= 15 is 0 Å². The molecule has 0 aromatic heterocycles. The monoisotopic (exact) mass is 425 g/mol. The number of halogens is 1. The lowest BCUT2D eigenvalue weighted by molar-refractivity contribution is 0.0900. The first-order valence-corrected chi connectivity index (χ1v) is 10.9. The van der Waals surface area contributed by atoms with Gasteiger partial charge in [-0.3, -0.25) is 4.79 Å². The van der Waals surface area contributed by atoms with E-state index in [4.69, 9.17) is 0 Å². The fraction of sp³-hybridized carbons (Fsp3) is 0.458. The molecule has 2 aromatic carbocycles. The zero-order chi connectivity index (χ0) is 18.9. The zero-order valence-corrected chi connectivity index (χ0v) is 17.7. The molecule has 0 saturated heterocycles. The molecule has 4 rings (SSSR count). The highest BCUT2D eigenvalue weighted by molar-refractivity contribution is 9.10. The first-order chi connectivity index (χ1) is 13.0. The number of ketones is 1. The third-order valence-electron chi connectivity index (χ3n) is 6.73. The van der Waals surface area contributed by atoms with Gasteiger partial charge in [0.05, 0.1) is 0 Å². The molecule has 1 spiro atoms. The number of benzene rings is 2. The second kappa shape index (κ2) is 7.89. The fourth-order valence-corrected chi connectivity index (χ4v) is 5.45. The van der Waals surface area contributed by atoms with Crippen LogP contribution in [-0.2, 0) is 12.8 Å². The quantitative estimate of drug-likeness (QED) is 0.574. The molecule has 0 aliphatic heterocycles. The van der Waals surface area contributed by atoms with Crippen molar-refractivity contribution in [2.75, 3.05) is 13.6 Å². The van der Waals surface area contributed by atoms with E-state index in [9.17, 15) is 4.79 Å². The van der Waals surface area contributed by atoms with Gasteiger partial charge in [-0.15, -0.1) is 0 Å². The number of hydrogen-bond acceptors (Lipinski definition) is 2. The van der Waals surface area contributed by atoms with Crippen LogP contribution in [0.4, 0.5) is 0 Å². The van der Waals surface area contributed by atoms with Gasteiger partial charge in [0.1, 0.15) is 0 Å². The van der Waals surface area contributed by atoms with Crippen LogP contribution in [-0.4, -0.2) is 30.3 Å². The molecule has 2 aromatic rings. The molecule has 2 nitrogen and oxygen atoms in total. The Morgan fingerprint density at radius 3 is 2.37 bits per heavy atom. The maximum Gasteiger partial charge on any atom is 0.164 e. The third-order valence-corrected chi connectivity index (χ3v) is 7.22. The molecule has 2 aliphatic carbocycles. The Kier molecular flexibility index (Phi) is 5.52. The van der Waals surface area contributed by atoms with E-state index in [0.717, 1.165) is 16.6 Å². The number of rotatable bonds is 5. The molecule has 0 radical (unpaired) electrons. The standard InChI is InChI=1S/C24H28BrNO/c1-26(14-11-23(27)18-7-4-8-21(25)15-18)22-9-12-24(13-10-22)16-19-5-2-3-6-20(19)17-24/h2-8,15,22H,9-14,16-17H2,1H3. The van der Waals surface area contributed by atoms with Crippen molar-refractivity contribution in [3.63, 3.8) is 0 Å². The van der Waals surface area contributed by atoms with Crippen molar-refractivity contribution in [1.29, 1.82) is 0 Å². The van der Waals surface area contributed by atoms with Gasteiger partial charge in [0.15, 0.2) is 5.78 Å². The molecule has 2 aliphatic rings. The summed E-state index contributed by atoms with van der Waals surface area (Å²) in [4.78, 5) is 14.9. The summed E-state index contributed by atoms with van der Waals surface area (Å²) < 4.78 is 0.969. The van der Waals surface area contributed by atoms with Gasteiger partial charge in [0, 0.05) is 29.0 Å². The number of carbonyl (C=O) groups is 1. The molecule has 27 heavy (non-hydrogen) atoms. The number of carbonyl (C=O) groups excluding carboxylic acids is 1. The highest BCUT2D eigenvalue weighted by Gasteiger charge is 2.40. The Labute approximate surface area is 171 Å². The molecule has 0 N–H and O–H groups in total. The Morgan fingerprint density at radius 1 is 1.07 bits per heavy atom. The largest absolute Gasteiger partial charge is 0.303 e. The van der Waals surface area contributed by atoms with Gasteiger partial charge >= 0.3 is 0 Å². The summed E-state index contributed by atoms with van der Waals surface area (Å²) in [5, 5.41) is 0. The Morgan fingerprint density at radius 2 is 1.74 bits per heavy atom. The Hall–Kier alpha value is -1.45. The van der Waals surface area contributed by atoms with Gasteiger partial charge in [-0.25, -0.2) is 0 Å². The first-order valence-electron chi connectivity index (χ1n) is 10.1. The van der Waals surface area contributed by atoms with Crippen molar-refractivity contribution >= 4 is 21.7 Å². The van der Waals surface area contributed by atoms with Crippen LogP contribution < -0.4 is 0 Å². The average molecular weight is 426 g/mol. The smallest absolute Gasteiger partial charge is 0.164 e. The summed E-state index contributed by atoms with van der Waals surface area (Å²) in [7, 11) is 2.19. The lowest BCUT2D eigenvalue weighted by atomic mass is 9.70. The van der Waals surface area contributed by atoms with Crippen LogP contribution in [0.25, 0.3) is 0 Å². The molecular weight excluding hydrogens is 398 g/mol. The normalized spacial score (nSPS) is 18.8. The van der Waals surface area contributed by atoms with E-state index in [1.807, 2.05) is 24.3 Å². The summed E-state index contributed by atoms with van der Waals surface area (Å²) >= 11 is 3.45. The first kappa shape index (κ1) is 18.9. The fourth-order valence-electron chi connectivity index (χ4n) is 5.05. The van der Waals surface area contributed by atoms with Crippen molar-refractivity contribution in [3.8, 4) is 0 Å². The minimum atomic E-state index is 0.238. The number of nitrogens with zero attached hydrogens (tertiary/aromatic N) is 1. The molecule has 142 valence electrons. The van der Waals surface area contributed by atoms with Crippen molar-refractivity contribution in [2.45, 2.75) is 51.0 Å². The number of Topliss-reactive ketones (excluding diaryl/α,β-unsaturated/α-hetero) is 1. The summed E-state index contributed by atoms with van der Waals surface area (Å²) in [6, 6.07) is 17.3. The second-order valence-electron chi connectivity index (χ2n) is 8.52. The summed E-state index contributed by atoms with van der Waals surface area (Å²) in [5.41, 5.74) is 4.46. The molecular formula is C24H28BrNO. The van der Waals surface area contributed by atoms with Crippen LogP contribution in [0.5, 0.6) is 0 Å². The van der Waals surface area contributed by atoms with E-state index in [0.29, 0.717) is 17.9 Å². The molecule has 0 heterocycles. The molecule has 0 bridgehead atoms. The third kappa shape index (κ3) is 4.20. The van der Waals surface area contributed by atoms with E-state index < -0.39 is 0 Å². The summed E-state index contributed by atoms with van der Waals surface area (Å²) in [5.74, 6) is 0.238. The predicted octanol–water partition coefficient (Wildman–Crippen LogP) is 5.68. The Bertz CT molecular complexity index is 796. The molecule has 0 unspecified atom stereocenters. The van der Waals surface area contributed by atoms with Crippen LogP contribution in [0, 0.1) is 5.41 Å². The lowest BCUT2D eigenvalue weighted by Crippen LogP contribution is -2.40. The van der Waals surface area contributed by atoms with E-state index in [1.54, 1.807) is 11.1 Å². The SMILES string of the molecule is CN(CCC(=O)c1cccc(Br)c1)C1CCC2(CC1)Cc1ccccc1C2. The molecule has 0 amide bonds. The van der Waals surface area contributed by atoms with Gasteiger partial charge in [-0.2, -0.15) is 0 Å². The molecule has 0 atom stereocenters. The maximum absolute atomic E-state index is 12.5. The highest BCUT2D eigenvalue weighted by atomic mass is 79.9. The zero-order valence-electron chi connectivity index (χ0n) is 16.1. The van der Waals surface area contributed by atoms with Crippen molar-refractivity contribution in [2.24, 2.45) is 5.41 Å². The molecule has 3 heteroatoms. The van der Waals surface area contributed by atoms with E-state index in [-0.39, 0.29) is 5.78 Å². The lowest BCUT2D eigenvalue weighted by Gasteiger charge is -2.40.